The van der Waals surface area contributed by atoms with Crippen molar-refractivity contribution in [3.8, 4) is 10.4 Å². The number of carbonyl (C=O) groups excluding carboxylic acids is 2. The van der Waals surface area contributed by atoms with Crippen LogP contribution in [0.5, 0.6) is 0 Å². The molecular formula is C23H23BrN4O2S2. The van der Waals surface area contributed by atoms with Gasteiger partial charge in [0.15, 0.2) is 3.92 Å². The van der Waals surface area contributed by atoms with Crippen LogP contribution in [0.4, 0.5) is 0 Å². The minimum atomic E-state index is -0.132. The molecule has 166 valence electrons. The zero-order valence-corrected chi connectivity index (χ0v) is 21.2. The first-order chi connectivity index (χ1) is 15.3. The molecule has 0 radical (unpaired) electrons. The first kappa shape index (κ1) is 21.7. The van der Waals surface area contributed by atoms with Crippen LogP contribution in [0, 0.1) is 32.6 Å². The molecule has 1 saturated heterocycles. The summed E-state index contributed by atoms with van der Waals surface area (Å²) in [5.41, 5.74) is 3.42. The number of rotatable bonds is 5. The minimum Gasteiger partial charge on any atom is -0.349 e. The highest BCUT2D eigenvalue weighted by Gasteiger charge is 2.54. The number of benzene rings is 1. The molecule has 5 rings (SSSR count). The molecule has 3 atom stereocenters. The van der Waals surface area contributed by atoms with Crippen LogP contribution in [0.2, 0.25) is 0 Å². The summed E-state index contributed by atoms with van der Waals surface area (Å²) in [4.78, 5) is 38.7. The number of piperidine rings is 1. The SMILES string of the molecule is Cc1cccc(-c2sc(C)nc2C(=O)N2C[C@H]3C[C@H]3[C@H]2CNC(=O)c2sc(Br)nc2C)c1. The third kappa shape index (κ3) is 4.02. The average molecular weight is 532 g/mol. The zero-order chi connectivity index (χ0) is 22.6. The average Bonchev–Trinajstić information content (AvgIpc) is 3.07. The summed E-state index contributed by atoms with van der Waals surface area (Å²) in [6.45, 7) is 7.00. The van der Waals surface area contributed by atoms with Crippen molar-refractivity contribution in [2.24, 2.45) is 11.8 Å². The number of fused-ring (bicyclic) bond motifs is 1. The highest BCUT2D eigenvalue weighted by atomic mass is 79.9. The second kappa shape index (κ2) is 8.35. The summed E-state index contributed by atoms with van der Waals surface area (Å²) >= 11 is 6.23. The van der Waals surface area contributed by atoms with Crippen molar-refractivity contribution in [3.05, 3.63) is 55.0 Å². The highest BCUT2D eigenvalue weighted by molar-refractivity contribution is 9.11. The predicted molar refractivity (Wildman–Crippen MR) is 130 cm³/mol. The molecule has 3 aromatic rings. The molecule has 2 fully saturated rings. The number of hydrogen-bond acceptors (Lipinski definition) is 6. The number of carbonyl (C=O) groups is 2. The van der Waals surface area contributed by atoms with Crippen molar-refractivity contribution in [2.45, 2.75) is 33.2 Å². The fraction of sp³-hybridized carbons (Fsp3) is 0.391. The van der Waals surface area contributed by atoms with E-state index in [1.54, 1.807) is 11.3 Å². The van der Waals surface area contributed by atoms with Crippen LogP contribution >= 0.6 is 38.6 Å². The van der Waals surface area contributed by atoms with Gasteiger partial charge in [0.05, 0.1) is 21.6 Å². The van der Waals surface area contributed by atoms with Gasteiger partial charge < -0.3 is 10.2 Å². The molecule has 1 N–H and O–H groups in total. The number of thiazole rings is 2. The number of hydrogen-bond donors (Lipinski definition) is 1. The minimum absolute atomic E-state index is 0.000448. The number of amides is 2. The summed E-state index contributed by atoms with van der Waals surface area (Å²) in [5, 5.41) is 3.93. The quantitative estimate of drug-likeness (QED) is 0.511. The smallest absolute Gasteiger partial charge is 0.274 e. The highest BCUT2D eigenvalue weighted by Crippen LogP contribution is 2.50. The van der Waals surface area contributed by atoms with E-state index in [1.807, 2.05) is 30.9 Å². The van der Waals surface area contributed by atoms with Gasteiger partial charge in [-0.3, -0.25) is 9.59 Å². The van der Waals surface area contributed by atoms with Crippen LogP contribution in [0.25, 0.3) is 10.4 Å². The van der Waals surface area contributed by atoms with Gasteiger partial charge in [-0.05, 0) is 60.5 Å². The van der Waals surface area contributed by atoms with E-state index in [9.17, 15) is 9.59 Å². The third-order valence-corrected chi connectivity index (χ3v) is 8.86. The summed E-state index contributed by atoms with van der Waals surface area (Å²) in [7, 11) is 0. The van der Waals surface area contributed by atoms with E-state index in [0.29, 0.717) is 38.6 Å². The standard InChI is InChI=1S/C23H23BrN4O2S2/c1-11-5-4-6-14(7-11)20-18(27-13(3)31-20)22(30)28-10-15-8-16(15)17(28)9-25-21(29)19-12(2)26-23(24)32-19/h4-7,15-17H,8-10H2,1-3H3,(H,25,29)/t15-,16-,17-/m1/s1. The number of nitrogens with zero attached hydrogens (tertiary/aromatic N) is 3. The molecule has 0 unspecified atom stereocenters. The van der Waals surface area contributed by atoms with Crippen molar-refractivity contribution < 1.29 is 9.59 Å². The Bertz CT molecular complexity index is 1220. The second-order valence-corrected chi connectivity index (χ2v) is 12.0. The first-order valence-corrected chi connectivity index (χ1v) is 13.0. The van der Waals surface area contributed by atoms with Gasteiger partial charge in [0.1, 0.15) is 10.6 Å². The lowest BCUT2D eigenvalue weighted by Crippen LogP contribution is -2.45. The van der Waals surface area contributed by atoms with Crippen LogP contribution in [-0.2, 0) is 0 Å². The Morgan fingerprint density at radius 1 is 1.22 bits per heavy atom. The molecule has 1 aromatic carbocycles. The van der Waals surface area contributed by atoms with Crippen LogP contribution in [-0.4, -0.2) is 45.8 Å². The van der Waals surface area contributed by atoms with E-state index in [0.717, 1.165) is 34.0 Å². The van der Waals surface area contributed by atoms with E-state index in [1.165, 1.54) is 11.3 Å². The molecule has 1 saturated carbocycles. The van der Waals surface area contributed by atoms with Gasteiger partial charge in [0.25, 0.3) is 11.8 Å². The fourth-order valence-corrected chi connectivity index (χ4v) is 6.98. The zero-order valence-electron chi connectivity index (χ0n) is 18.0. The van der Waals surface area contributed by atoms with E-state index < -0.39 is 0 Å². The normalized spacial score (nSPS) is 21.5. The summed E-state index contributed by atoms with van der Waals surface area (Å²) < 4.78 is 0.697. The van der Waals surface area contributed by atoms with E-state index >= 15 is 0 Å². The van der Waals surface area contributed by atoms with Gasteiger partial charge in [-0.2, -0.15) is 0 Å². The van der Waals surface area contributed by atoms with Crippen molar-refractivity contribution >= 4 is 50.4 Å². The molecule has 3 heterocycles. The van der Waals surface area contributed by atoms with Crippen LogP contribution in [0.1, 0.15) is 42.8 Å². The van der Waals surface area contributed by atoms with Gasteiger partial charge in [-0.25, -0.2) is 9.97 Å². The van der Waals surface area contributed by atoms with Gasteiger partial charge >= 0.3 is 0 Å². The third-order valence-electron chi connectivity index (χ3n) is 6.23. The van der Waals surface area contributed by atoms with E-state index in [-0.39, 0.29) is 17.9 Å². The lowest BCUT2D eigenvalue weighted by Gasteiger charge is -2.27. The Hall–Kier alpha value is -2.10. The number of likely N-dealkylation sites (tertiary alicyclic amines) is 1. The summed E-state index contributed by atoms with van der Waals surface area (Å²) in [6, 6.07) is 8.19. The van der Waals surface area contributed by atoms with Crippen molar-refractivity contribution in [1.29, 1.82) is 0 Å². The van der Waals surface area contributed by atoms with Gasteiger partial charge in [-0.15, -0.1) is 22.7 Å². The summed E-state index contributed by atoms with van der Waals surface area (Å²) in [5.74, 6) is 0.819. The molecule has 1 aliphatic heterocycles. The Labute approximate surface area is 203 Å². The molecule has 2 amide bonds. The lowest BCUT2D eigenvalue weighted by atomic mass is 10.1. The Kier molecular flexibility index (Phi) is 5.67. The maximum atomic E-state index is 13.6. The molecule has 32 heavy (non-hydrogen) atoms. The molecule has 2 aromatic heterocycles. The van der Waals surface area contributed by atoms with Gasteiger partial charge in [0.2, 0.25) is 0 Å². The van der Waals surface area contributed by atoms with Crippen LogP contribution in [0.15, 0.2) is 28.2 Å². The Morgan fingerprint density at radius 2 is 2.03 bits per heavy atom. The Morgan fingerprint density at radius 3 is 2.75 bits per heavy atom. The van der Waals surface area contributed by atoms with Gasteiger partial charge in [0, 0.05) is 13.1 Å². The largest absolute Gasteiger partial charge is 0.349 e. The van der Waals surface area contributed by atoms with Crippen LogP contribution in [0.3, 0.4) is 0 Å². The van der Waals surface area contributed by atoms with E-state index in [4.69, 9.17) is 0 Å². The monoisotopic (exact) mass is 530 g/mol. The number of aromatic nitrogens is 2. The number of halogens is 1. The molecule has 0 bridgehead atoms. The van der Waals surface area contributed by atoms with Crippen LogP contribution < -0.4 is 5.32 Å². The topological polar surface area (TPSA) is 75.2 Å². The molecule has 1 aliphatic carbocycles. The molecule has 6 nitrogen and oxygen atoms in total. The first-order valence-electron chi connectivity index (χ1n) is 10.6. The van der Waals surface area contributed by atoms with Gasteiger partial charge in [-0.1, -0.05) is 29.8 Å². The maximum absolute atomic E-state index is 13.6. The fourth-order valence-electron chi connectivity index (χ4n) is 4.61. The molecule has 9 heteroatoms. The lowest BCUT2D eigenvalue weighted by molar-refractivity contribution is 0.0690. The van der Waals surface area contributed by atoms with Crippen molar-refractivity contribution in [1.82, 2.24) is 20.2 Å². The van der Waals surface area contributed by atoms with Crippen molar-refractivity contribution in [3.63, 3.8) is 0 Å². The predicted octanol–water partition coefficient (Wildman–Crippen LogP) is 4.84. The maximum Gasteiger partial charge on any atom is 0.274 e. The second-order valence-electron chi connectivity index (χ2n) is 8.56. The van der Waals surface area contributed by atoms with Crippen molar-refractivity contribution in [2.75, 3.05) is 13.1 Å². The van der Waals surface area contributed by atoms with E-state index in [2.05, 4.69) is 50.3 Å². The molecular weight excluding hydrogens is 508 g/mol. The molecule has 0 spiro atoms. The number of nitrogens with one attached hydrogen (secondary N) is 1. The number of aryl methyl sites for hydroxylation is 3. The molecule has 2 aliphatic rings. The Balaban J connectivity index is 1.36. The summed E-state index contributed by atoms with van der Waals surface area (Å²) in [6.07, 6.45) is 1.12.